The lowest BCUT2D eigenvalue weighted by Gasteiger charge is -2.28. The Hall–Kier alpha value is -3.08. The van der Waals surface area contributed by atoms with Crippen LogP contribution in [0.2, 0.25) is 0 Å². The molecule has 3 N–H and O–H groups in total. The van der Waals surface area contributed by atoms with E-state index >= 15 is 0 Å². The van der Waals surface area contributed by atoms with Gasteiger partial charge in [0.2, 0.25) is 0 Å². The summed E-state index contributed by atoms with van der Waals surface area (Å²) in [6, 6.07) is 5.84. The molecule has 0 bridgehead atoms. The molecule has 1 aliphatic heterocycles. The van der Waals surface area contributed by atoms with Gasteiger partial charge in [-0.3, -0.25) is 0 Å². The first kappa shape index (κ1) is 34.1. The summed E-state index contributed by atoms with van der Waals surface area (Å²) in [5, 5.41) is 11.0. The topological polar surface area (TPSA) is 98.8 Å². The van der Waals surface area contributed by atoms with Crippen molar-refractivity contribution in [3.05, 3.63) is 82.4 Å². The maximum atomic E-state index is 12.5. The number of primary amides is 1. The van der Waals surface area contributed by atoms with Gasteiger partial charge in [-0.1, -0.05) is 105 Å². The van der Waals surface area contributed by atoms with Crippen LogP contribution in [0.15, 0.2) is 71.3 Å². The molecule has 0 fully saturated rings. The van der Waals surface area contributed by atoms with Crippen LogP contribution in [0.3, 0.4) is 0 Å². The number of cyclic esters (lactones) is 1. The number of benzene rings is 1. The van der Waals surface area contributed by atoms with Crippen LogP contribution in [0, 0.1) is 41.9 Å². The lowest BCUT2D eigenvalue weighted by atomic mass is 9.82. The molecule has 0 saturated carbocycles. The molecule has 0 saturated heterocycles. The first-order chi connectivity index (χ1) is 19.3. The molecule has 1 amide bonds. The van der Waals surface area contributed by atoms with Crippen molar-refractivity contribution in [2.24, 2.45) is 28.9 Å². The van der Waals surface area contributed by atoms with E-state index in [1.807, 2.05) is 65.0 Å². The van der Waals surface area contributed by atoms with Crippen molar-refractivity contribution in [1.82, 2.24) is 0 Å². The molecule has 0 spiro atoms. The molecule has 0 radical (unpaired) electrons. The zero-order valence-electron chi connectivity index (χ0n) is 25.0. The van der Waals surface area contributed by atoms with Crippen molar-refractivity contribution >= 4 is 28.0 Å². The minimum atomic E-state index is -0.771. The molecule has 222 valence electrons. The number of amides is 1. The SMILES string of the molecule is Cc1cccc([C@H](O)C(C)(C)/C=C/C#C/C=C/[C@@H]2OC(=O)/C=C\C[C@H](C)C[C@H](OC(N)=O)C[C@H](C)/C=C/[C@H]2C)c1Br. The number of carbonyl (C=O) groups is 2. The number of allylic oxidation sites excluding steroid dienone is 4. The summed E-state index contributed by atoms with van der Waals surface area (Å²) in [4.78, 5) is 23.9. The van der Waals surface area contributed by atoms with Crippen LogP contribution in [-0.4, -0.2) is 29.4 Å². The zero-order valence-corrected chi connectivity index (χ0v) is 26.6. The Morgan fingerprint density at radius 1 is 1.20 bits per heavy atom. The molecule has 6 atom stereocenters. The van der Waals surface area contributed by atoms with Gasteiger partial charge in [-0.25, -0.2) is 9.59 Å². The highest BCUT2D eigenvalue weighted by Crippen LogP contribution is 2.38. The Labute approximate surface area is 253 Å². The molecular formula is C34H44BrNO5. The molecule has 0 aromatic heterocycles. The average Bonchev–Trinajstić information content (AvgIpc) is 2.88. The largest absolute Gasteiger partial charge is 0.454 e. The van der Waals surface area contributed by atoms with E-state index in [0.29, 0.717) is 19.3 Å². The Bertz CT molecular complexity index is 1220. The van der Waals surface area contributed by atoms with Gasteiger partial charge in [0.15, 0.2) is 0 Å². The van der Waals surface area contributed by atoms with Gasteiger partial charge in [0.25, 0.3) is 0 Å². The summed E-state index contributed by atoms with van der Waals surface area (Å²) in [5.41, 5.74) is 6.64. The Morgan fingerprint density at radius 3 is 2.61 bits per heavy atom. The second-order valence-electron chi connectivity index (χ2n) is 11.6. The maximum Gasteiger partial charge on any atom is 0.404 e. The van der Waals surface area contributed by atoms with Crippen molar-refractivity contribution in [1.29, 1.82) is 0 Å². The molecule has 2 rings (SSSR count). The van der Waals surface area contributed by atoms with Gasteiger partial charge in [-0.05, 0) is 67.4 Å². The third-order valence-electron chi connectivity index (χ3n) is 7.16. The Balaban J connectivity index is 2.15. The molecule has 6 nitrogen and oxygen atoms in total. The van der Waals surface area contributed by atoms with Crippen molar-refractivity contribution < 1.29 is 24.2 Å². The predicted octanol–water partition coefficient (Wildman–Crippen LogP) is 7.51. The number of aliphatic hydroxyl groups excluding tert-OH is 1. The average molecular weight is 627 g/mol. The predicted molar refractivity (Wildman–Crippen MR) is 168 cm³/mol. The van der Waals surface area contributed by atoms with E-state index in [9.17, 15) is 14.7 Å². The third-order valence-corrected chi connectivity index (χ3v) is 8.24. The second-order valence-corrected chi connectivity index (χ2v) is 12.4. The van der Waals surface area contributed by atoms with Crippen molar-refractivity contribution in [2.45, 2.75) is 79.1 Å². The second kappa shape index (κ2) is 16.4. The lowest BCUT2D eigenvalue weighted by molar-refractivity contribution is -0.142. The standard InChI is InChI=1S/C34H44BrNO5/c1-23-13-11-17-30(37)41-29(25(3)19-18-24(2)22-27(21-23)40-33(36)39)16-9-7-8-10-20-34(5,6)32(38)28-15-12-14-26(4)31(28)35/h9-12,14-20,23-25,27,29,32,38H,13,21-22H2,1-6H3,(H2,36,39)/b16-9+,17-11-,19-18+,20-10+/t23-,24+,25+,27-,29-,32-/m0/s1. The summed E-state index contributed by atoms with van der Waals surface area (Å²) in [5.74, 6) is 5.78. The van der Waals surface area contributed by atoms with Gasteiger partial charge in [0.05, 0.1) is 6.10 Å². The summed E-state index contributed by atoms with van der Waals surface area (Å²) in [6.45, 7) is 12.0. The highest BCUT2D eigenvalue weighted by atomic mass is 79.9. The quantitative estimate of drug-likeness (QED) is 0.200. The highest BCUT2D eigenvalue weighted by Gasteiger charge is 2.28. The monoisotopic (exact) mass is 625 g/mol. The summed E-state index contributed by atoms with van der Waals surface area (Å²) in [7, 11) is 0. The first-order valence-corrected chi connectivity index (χ1v) is 14.9. The van der Waals surface area contributed by atoms with Gasteiger partial charge >= 0.3 is 12.1 Å². The van der Waals surface area contributed by atoms with Crippen LogP contribution < -0.4 is 5.73 Å². The number of carbonyl (C=O) groups excluding carboxylic acids is 2. The summed E-state index contributed by atoms with van der Waals surface area (Å²) in [6.07, 6.45) is 14.1. The Morgan fingerprint density at radius 2 is 1.90 bits per heavy atom. The fourth-order valence-electron chi connectivity index (χ4n) is 4.63. The van der Waals surface area contributed by atoms with Gasteiger partial charge < -0.3 is 20.3 Å². The van der Waals surface area contributed by atoms with E-state index < -0.39 is 29.7 Å². The fourth-order valence-corrected chi connectivity index (χ4v) is 5.11. The zero-order chi connectivity index (χ0) is 30.6. The highest BCUT2D eigenvalue weighted by molar-refractivity contribution is 9.10. The van der Waals surface area contributed by atoms with Gasteiger partial charge in [-0.15, -0.1) is 0 Å². The smallest absolute Gasteiger partial charge is 0.404 e. The Kier molecular flexibility index (Phi) is 13.6. The van der Waals surface area contributed by atoms with Crippen LogP contribution in [-0.2, 0) is 14.3 Å². The van der Waals surface area contributed by atoms with Crippen LogP contribution in [0.25, 0.3) is 0 Å². The summed E-state index contributed by atoms with van der Waals surface area (Å²) >= 11 is 3.59. The van der Waals surface area contributed by atoms with Crippen molar-refractivity contribution in [2.75, 3.05) is 0 Å². The van der Waals surface area contributed by atoms with E-state index in [-0.39, 0.29) is 23.9 Å². The normalized spacial score (nSPS) is 26.8. The molecule has 1 heterocycles. The molecule has 0 unspecified atom stereocenters. The van der Waals surface area contributed by atoms with Crippen LogP contribution >= 0.6 is 15.9 Å². The molecule has 1 aromatic carbocycles. The van der Waals surface area contributed by atoms with E-state index in [0.717, 1.165) is 15.6 Å². The van der Waals surface area contributed by atoms with Crippen LogP contribution in [0.4, 0.5) is 4.79 Å². The molecule has 0 aliphatic carbocycles. The molecule has 7 heteroatoms. The van der Waals surface area contributed by atoms with Gasteiger partial charge in [0, 0.05) is 21.9 Å². The van der Waals surface area contributed by atoms with Gasteiger partial charge in [0.1, 0.15) is 12.2 Å². The van der Waals surface area contributed by atoms with E-state index in [2.05, 4.69) is 40.8 Å². The maximum absolute atomic E-state index is 12.5. The molecule has 1 aliphatic rings. The van der Waals surface area contributed by atoms with Gasteiger partial charge in [-0.2, -0.15) is 0 Å². The third kappa shape index (κ3) is 11.7. The summed E-state index contributed by atoms with van der Waals surface area (Å²) < 4.78 is 12.0. The van der Waals surface area contributed by atoms with Crippen molar-refractivity contribution in [3.8, 4) is 11.8 Å². The van der Waals surface area contributed by atoms with E-state index in [4.69, 9.17) is 15.2 Å². The number of hydrogen-bond donors (Lipinski definition) is 2. The number of ether oxygens (including phenoxy) is 2. The number of aryl methyl sites for hydroxylation is 1. The van der Waals surface area contributed by atoms with E-state index in [1.165, 1.54) is 6.08 Å². The number of esters is 1. The minimum Gasteiger partial charge on any atom is -0.454 e. The van der Waals surface area contributed by atoms with Crippen molar-refractivity contribution in [3.63, 3.8) is 0 Å². The molecule has 1 aromatic rings. The lowest BCUT2D eigenvalue weighted by Crippen LogP contribution is -2.26. The number of nitrogens with two attached hydrogens (primary N) is 1. The molecule has 41 heavy (non-hydrogen) atoms. The number of halogens is 1. The number of aliphatic hydroxyl groups is 1. The van der Waals surface area contributed by atoms with Crippen LogP contribution in [0.5, 0.6) is 0 Å². The first-order valence-electron chi connectivity index (χ1n) is 14.1. The van der Waals surface area contributed by atoms with E-state index in [1.54, 1.807) is 24.3 Å². The minimum absolute atomic E-state index is 0.109. The number of hydrogen-bond acceptors (Lipinski definition) is 5. The molecular weight excluding hydrogens is 582 g/mol. The van der Waals surface area contributed by atoms with Crippen LogP contribution in [0.1, 0.15) is 71.1 Å². The number of rotatable bonds is 5. The fraction of sp³-hybridized carbons (Fsp3) is 0.471.